The van der Waals surface area contributed by atoms with Gasteiger partial charge in [0, 0.05) is 6.54 Å². The molecule has 10 heteroatoms. The number of imide groups is 1. The lowest BCUT2D eigenvalue weighted by atomic mass is 10.00. The lowest BCUT2D eigenvalue weighted by Crippen LogP contribution is -2.49. The van der Waals surface area contributed by atoms with Gasteiger partial charge >= 0.3 is 6.03 Å². The van der Waals surface area contributed by atoms with E-state index >= 15 is 0 Å². The van der Waals surface area contributed by atoms with Gasteiger partial charge in [-0.2, -0.15) is 5.01 Å². The molecule has 0 bridgehead atoms. The zero-order valence-corrected chi connectivity index (χ0v) is 16.9. The maximum atomic E-state index is 12.7. The van der Waals surface area contributed by atoms with E-state index in [4.69, 9.17) is 0 Å². The van der Waals surface area contributed by atoms with E-state index in [-0.39, 0.29) is 17.9 Å². The minimum absolute atomic E-state index is 0.137. The zero-order valence-electron chi connectivity index (χ0n) is 16.1. The highest BCUT2D eigenvalue weighted by Gasteiger charge is 2.47. The Hall–Kier alpha value is -3.14. The summed E-state index contributed by atoms with van der Waals surface area (Å²) in [6.45, 7) is 7.26. The van der Waals surface area contributed by atoms with Crippen LogP contribution in [0.2, 0.25) is 0 Å². The fraction of sp³-hybridized carbons (Fsp3) is 0.316. The van der Waals surface area contributed by atoms with Crippen molar-refractivity contribution in [3.63, 3.8) is 0 Å². The van der Waals surface area contributed by atoms with Crippen molar-refractivity contribution >= 4 is 40.5 Å². The number of thioether (sulfide) groups is 1. The molecule has 0 spiro atoms. The first-order chi connectivity index (χ1) is 13.8. The summed E-state index contributed by atoms with van der Waals surface area (Å²) in [6, 6.07) is 6.26. The molecule has 2 N–H and O–H groups in total. The van der Waals surface area contributed by atoms with Gasteiger partial charge in [0.1, 0.15) is 5.54 Å². The lowest BCUT2D eigenvalue weighted by Gasteiger charge is -2.19. The van der Waals surface area contributed by atoms with Crippen LogP contribution in [0.5, 0.6) is 0 Å². The Morgan fingerprint density at radius 2 is 2.07 bits per heavy atom. The first kappa shape index (κ1) is 20.6. The van der Waals surface area contributed by atoms with Crippen molar-refractivity contribution in [2.75, 3.05) is 5.75 Å². The number of nitrogens with zero attached hydrogens (tertiary/aromatic N) is 3. The van der Waals surface area contributed by atoms with Crippen LogP contribution >= 0.6 is 11.8 Å². The van der Waals surface area contributed by atoms with Gasteiger partial charge < -0.3 is 5.32 Å². The standard InChI is InChI=1S/C19H21N5O4S/c1-4-10-23-15(26)12-8-6-7-9-13(12)20-18(23)29-11-14(25)22-24-16(27)19(3,5-2)21-17(24)28/h4,6-9H,1,5,10-11H2,2-3H3,(H,21,28)(H,22,25). The van der Waals surface area contributed by atoms with Gasteiger partial charge in [-0.1, -0.05) is 36.9 Å². The van der Waals surface area contributed by atoms with Gasteiger partial charge in [0.25, 0.3) is 11.5 Å². The Bertz CT molecular complexity index is 1070. The minimum Gasteiger partial charge on any atom is -0.322 e. The van der Waals surface area contributed by atoms with E-state index in [1.54, 1.807) is 44.2 Å². The first-order valence-electron chi connectivity index (χ1n) is 9.00. The second kappa shape index (κ2) is 8.08. The molecule has 0 radical (unpaired) electrons. The molecule has 2 aromatic rings. The van der Waals surface area contributed by atoms with Gasteiger partial charge in [0.2, 0.25) is 5.91 Å². The van der Waals surface area contributed by atoms with E-state index in [1.807, 2.05) is 0 Å². The van der Waals surface area contributed by atoms with E-state index in [2.05, 4.69) is 22.3 Å². The molecule has 1 aliphatic rings. The monoisotopic (exact) mass is 415 g/mol. The fourth-order valence-corrected chi connectivity index (χ4v) is 3.66. The number of allylic oxidation sites excluding steroid dienone is 1. The molecule has 29 heavy (non-hydrogen) atoms. The number of urea groups is 1. The predicted octanol–water partition coefficient (Wildman–Crippen LogP) is 1.43. The van der Waals surface area contributed by atoms with Gasteiger partial charge in [-0.3, -0.25) is 24.4 Å². The molecule has 1 atom stereocenters. The van der Waals surface area contributed by atoms with Crippen LogP contribution in [0.3, 0.4) is 0 Å². The molecule has 4 amide bonds. The number of rotatable bonds is 7. The van der Waals surface area contributed by atoms with Crippen molar-refractivity contribution < 1.29 is 14.4 Å². The highest BCUT2D eigenvalue weighted by molar-refractivity contribution is 7.99. The van der Waals surface area contributed by atoms with E-state index < -0.39 is 23.4 Å². The highest BCUT2D eigenvalue weighted by atomic mass is 32.2. The number of carbonyl (C=O) groups excluding carboxylic acids is 3. The van der Waals surface area contributed by atoms with Crippen LogP contribution in [0.1, 0.15) is 20.3 Å². The third-order valence-corrected chi connectivity index (χ3v) is 5.65. The highest BCUT2D eigenvalue weighted by Crippen LogP contribution is 2.20. The number of fused-ring (bicyclic) bond motifs is 1. The molecular formula is C19H21N5O4S. The van der Waals surface area contributed by atoms with Gasteiger partial charge in [0.05, 0.1) is 16.7 Å². The zero-order chi connectivity index (χ0) is 21.2. The third kappa shape index (κ3) is 3.88. The van der Waals surface area contributed by atoms with Crippen LogP contribution in [-0.2, 0) is 16.1 Å². The van der Waals surface area contributed by atoms with E-state index in [9.17, 15) is 19.2 Å². The Morgan fingerprint density at radius 3 is 2.72 bits per heavy atom. The van der Waals surface area contributed by atoms with Crippen LogP contribution in [-0.4, -0.2) is 43.7 Å². The molecule has 1 fully saturated rings. The SMILES string of the molecule is C=CCn1c(SCC(=O)NN2C(=O)NC(C)(CC)C2=O)nc2ccccc2c1=O. The number of carbonyl (C=O) groups is 3. The van der Waals surface area contributed by atoms with Crippen LogP contribution in [0.15, 0.2) is 46.9 Å². The summed E-state index contributed by atoms with van der Waals surface area (Å²) >= 11 is 1.04. The van der Waals surface area contributed by atoms with Crippen molar-refractivity contribution in [2.24, 2.45) is 0 Å². The largest absolute Gasteiger partial charge is 0.344 e. The normalized spacial score (nSPS) is 18.8. The second-order valence-corrected chi connectivity index (χ2v) is 7.64. The molecule has 9 nitrogen and oxygen atoms in total. The average molecular weight is 415 g/mol. The molecular weight excluding hydrogens is 394 g/mol. The summed E-state index contributed by atoms with van der Waals surface area (Å²) in [6.07, 6.45) is 1.97. The summed E-state index contributed by atoms with van der Waals surface area (Å²) in [5.74, 6) is -1.22. The molecule has 0 saturated carbocycles. The molecule has 2 heterocycles. The van der Waals surface area contributed by atoms with Crippen LogP contribution in [0, 0.1) is 0 Å². The number of hydrogen-bond donors (Lipinski definition) is 2. The molecule has 1 aliphatic heterocycles. The predicted molar refractivity (Wildman–Crippen MR) is 109 cm³/mol. The van der Waals surface area contributed by atoms with E-state index in [1.165, 1.54) is 4.57 Å². The topological polar surface area (TPSA) is 113 Å². The summed E-state index contributed by atoms with van der Waals surface area (Å²) in [5, 5.41) is 4.07. The Morgan fingerprint density at radius 1 is 1.34 bits per heavy atom. The van der Waals surface area contributed by atoms with Crippen LogP contribution in [0.25, 0.3) is 10.9 Å². The fourth-order valence-electron chi connectivity index (χ4n) is 2.86. The van der Waals surface area contributed by atoms with Crippen molar-refractivity contribution in [3.8, 4) is 0 Å². The maximum absolute atomic E-state index is 12.7. The van der Waals surface area contributed by atoms with Crippen LogP contribution < -0.4 is 16.3 Å². The Labute approximate surface area is 171 Å². The van der Waals surface area contributed by atoms with Gasteiger partial charge in [-0.25, -0.2) is 9.78 Å². The van der Waals surface area contributed by atoms with Crippen molar-refractivity contribution in [3.05, 3.63) is 47.3 Å². The number of amides is 4. The molecule has 1 saturated heterocycles. The smallest absolute Gasteiger partial charge is 0.322 e. The summed E-state index contributed by atoms with van der Waals surface area (Å²) in [5.41, 5.74) is 1.57. The van der Waals surface area contributed by atoms with Crippen molar-refractivity contribution in [1.82, 2.24) is 25.3 Å². The maximum Gasteiger partial charge on any atom is 0.344 e. The Balaban J connectivity index is 1.77. The molecule has 3 rings (SSSR count). The van der Waals surface area contributed by atoms with Crippen molar-refractivity contribution in [2.45, 2.75) is 37.5 Å². The summed E-state index contributed by atoms with van der Waals surface area (Å²) in [4.78, 5) is 53.9. The average Bonchev–Trinajstić information content (AvgIpc) is 2.92. The second-order valence-electron chi connectivity index (χ2n) is 6.70. The number of hydrogen-bond acceptors (Lipinski definition) is 6. The molecule has 1 aromatic heterocycles. The molecule has 1 unspecified atom stereocenters. The van der Waals surface area contributed by atoms with Crippen LogP contribution in [0.4, 0.5) is 4.79 Å². The van der Waals surface area contributed by atoms with Gasteiger partial charge in [-0.15, -0.1) is 6.58 Å². The number of hydrazine groups is 1. The summed E-state index contributed by atoms with van der Waals surface area (Å²) in [7, 11) is 0. The van der Waals surface area contributed by atoms with Crippen molar-refractivity contribution in [1.29, 1.82) is 0 Å². The quantitative estimate of drug-likeness (QED) is 0.306. The van der Waals surface area contributed by atoms with Gasteiger partial charge in [-0.05, 0) is 25.5 Å². The number of nitrogens with one attached hydrogen (secondary N) is 2. The van der Waals surface area contributed by atoms with E-state index in [0.717, 1.165) is 11.8 Å². The minimum atomic E-state index is -1.04. The third-order valence-electron chi connectivity index (χ3n) is 4.68. The Kier molecular flexibility index (Phi) is 5.73. The molecule has 0 aliphatic carbocycles. The summed E-state index contributed by atoms with van der Waals surface area (Å²) < 4.78 is 1.43. The molecule has 1 aromatic carbocycles. The molecule has 152 valence electrons. The first-order valence-corrected chi connectivity index (χ1v) is 9.98. The number of para-hydroxylation sites is 1. The van der Waals surface area contributed by atoms with Gasteiger partial charge in [0.15, 0.2) is 5.16 Å². The number of benzene rings is 1. The van der Waals surface area contributed by atoms with E-state index in [0.29, 0.717) is 27.5 Å². The number of aromatic nitrogens is 2. The lowest BCUT2D eigenvalue weighted by molar-refractivity contribution is -0.137.